The van der Waals surface area contributed by atoms with E-state index in [2.05, 4.69) is 15.6 Å². The zero-order valence-electron chi connectivity index (χ0n) is 8.85. The lowest BCUT2D eigenvalue weighted by Crippen LogP contribution is -2.31. The number of nitrogen functional groups attached to an aromatic ring is 1. The Kier molecular flexibility index (Phi) is 3.04. The predicted octanol–water partition coefficient (Wildman–Crippen LogP) is -0.0845. The van der Waals surface area contributed by atoms with E-state index in [0.717, 1.165) is 12.8 Å². The van der Waals surface area contributed by atoms with Crippen LogP contribution >= 0.6 is 0 Å². The van der Waals surface area contributed by atoms with Crippen molar-refractivity contribution in [2.75, 3.05) is 5.73 Å². The zero-order valence-corrected chi connectivity index (χ0v) is 8.85. The number of rotatable bonds is 2. The lowest BCUT2D eigenvalue weighted by atomic mass is 10.4. The van der Waals surface area contributed by atoms with Gasteiger partial charge in [0.15, 0.2) is 0 Å². The molecule has 88 valence electrons. The van der Waals surface area contributed by atoms with E-state index in [-0.39, 0.29) is 17.8 Å². The minimum atomic E-state index is -0.0139. The van der Waals surface area contributed by atoms with Gasteiger partial charge >= 0.3 is 6.01 Å². The van der Waals surface area contributed by atoms with Gasteiger partial charge in [-0.1, -0.05) is 5.10 Å². The fraction of sp³-hybridized carbons (Fsp3) is 0.667. The number of hydrogen-bond donors (Lipinski definition) is 3. The van der Waals surface area contributed by atoms with Crippen molar-refractivity contribution >= 4 is 11.9 Å². The predicted molar refractivity (Wildman–Crippen MR) is 55.7 cm³/mol. The molecule has 7 nitrogen and oxygen atoms in total. The van der Waals surface area contributed by atoms with Crippen LogP contribution in [0.4, 0.5) is 6.01 Å². The maximum absolute atomic E-state index is 10.3. The molecule has 0 radical (unpaired) electrons. The highest BCUT2D eigenvalue weighted by Gasteiger charge is 2.29. The number of aromatic nitrogens is 2. The Morgan fingerprint density at radius 3 is 2.31 bits per heavy atom. The summed E-state index contributed by atoms with van der Waals surface area (Å²) >= 11 is 0. The van der Waals surface area contributed by atoms with E-state index in [1.54, 1.807) is 0 Å². The molecule has 1 aromatic rings. The van der Waals surface area contributed by atoms with Gasteiger partial charge < -0.3 is 10.2 Å². The largest absolute Gasteiger partial charge is 0.408 e. The summed E-state index contributed by atoms with van der Waals surface area (Å²) in [6, 6.07) is 0.178. The van der Waals surface area contributed by atoms with Crippen LogP contribution in [0.5, 0.6) is 0 Å². The molecule has 16 heavy (non-hydrogen) atoms. The molecular weight excluding hydrogens is 210 g/mol. The fourth-order valence-corrected chi connectivity index (χ4v) is 1.21. The Hall–Kier alpha value is -1.63. The quantitative estimate of drug-likeness (QED) is 0.367. The number of carbonyl (C=O) groups is 1. The van der Waals surface area contributed by atoms with E-state index in [1.165, 1.54) is 12.8 Å². The molecule has 0 spiro atoms. The maximum Gasteiger partial charge on any atom is 0.312 e. The van der Waals surface area contributed by atoms with E-state index in [4.69, 9.17) is 16.0 Å². The summed E-state index contributed by atoms with van der Waals surface area (Å²) in [5.74, 6) is 6.25. The Bertz CT molecular complexity index is 370. The normalized spacial score (nSPS) is 18.6. The molecule has 5 N–H and O–H groups in total. The monoisotopic (exact) mass is 225 g/mol. The highest BCUT2D eigenvalue weighted by Crippen LogP contribution is 2.39. The van der Waals surface area contributed by atoms with Gasteiger partial charge in [0.25, 0.3) is 0 Å². The van der Waals surface area contributed by atoms with E-state index in [0.29, 0.717) is 11.8 Å². The van der Waals surface area contributed by atoms with Gasteiger partial charge in [-0.15, -0.1) is 5.10 Å². The van der Waals surface area contributed by atoms with Gasteiger partial charge in [-0.25, -0.2) is 5.84 Å². The number of nitrogens with zero attached hydrogens (tertiary/aromatic N) is 2. The van der Waals surface area contributed by atoms with Crippen molar-refractivity contribution in [3.8, 4) is 0 Å². The molecule has 2 aliphatic rings. The van der Waals surface area contributed by atoms with Crippen molar-refractivity contribution in [3.63, 3.8) is 0 Å². The van der Waals surface area contributed by atoms with Crippen LogP contribution in [0, 0.1) is 5.92 Å². The van der Waals surface area contributed by atoms with Crippen molar-refractivity contribution in [2.24, 2.45) is 11.8 Å². The molecule has 1 aromatic heterocycles. The summed E-state index contributed by atoms with van der Waals surface area (Å²) in [4.78, 5) is 10.3. The summed E-state index contributed by atoms with van der Waals surface area (Å²) in [7, 11) is 0. The Balaban J connectivity index is 0.000000125. The molecule has 0 aromatic carbocycles. The number of carbonyl (C=O) groups excluding carboxylic acids is 1. The summed E-state index contributed by atoms with van der Waals surface area (Å²) in [6.45, 7) is 0. The zero-order chi connectivity index (χ0) is 11.5. The van der Waals surface area contributed by atoms with Gasteiger partial charge in [-0.05, 0) is 25.7 Å². The van der Waals surface area contributed by atoms with Crippen molar-refractivity contribution in [3.05, 3.63) is 5.89 Å². The number of amides is 1. The third kappa shape index (κ3) is 2.93. The number of anilines is 1. The summed E-state index contributed by atoms with van der Waals surface area (Å²) in [5.41, 5.74) is 7.29. The van der Waals surface area contributed by atoms with E-state index >= 15 is 0 Å². The lowest BCUT2D eigenvalue weighted by molar-refractivity contribution is -0.122. The van der Waals surface area contributed by atoms with E-state index in [1.807, 2.05) is 0 Å². The molecule has 7 heteroatoms. The van der Waals surface area contributed by atoms with Gasteiger partial charge in [0.05, 0.1) is 0 Å². The minimum Gasteiger partial charge on any atom is -0.408 e. The van der Waals surface area contributed by atoms with Gasteiger partial charge in [-0.2, -0.15) is 0 Å². The standard InChI is InChI=1S/C5H7N3O.C4H8N2O/c6-5-8-7-4(9-5)3-1-2-3;5-6-4(7)3-1-2-3/h3H,1-2H2,(H2,6,8);3H,1-2,5H2,(H,6,7). The number of hydrogen-bond acceptors (Lipinski definition) is 6. The molecule has 2 saturated carbocycles. The van der Waals surface area contributed by atoms with Crippen LogP contribution in [-0.2, 0) is 4.79 Å². The first-order valence-corrected chi connectivity index (χ1v) is 5.30. The summed E-state index contributed by atoms with van der Waals surface area (Å²) in [6.07, 6.45) is 4.37. The first kappa shape index (κ1) is 10.9. The van der Waals surface area contributed by atoms with Crippen LogP contribution in [0.1, 0.15) is 37.5 Å². The second-order valence-corrected chi connectivity index (χ2v) is 4.04. The van der Waals surface area contributed by atoms with Crippen molar-refractivity contribution < 1.29 is 9.21 Å². The SMILES string of the molecule is NNC(=O)C1CC1.Nc1nnc(C2CC2)o1. The molecule has 0 atom stereocenters. The number of hydrazine groups is 1. The molecule has 0 bridgehead atoms. The lowest BCUT2D eigenvalue weighted by Gasteiger charge is -1.89. The third-order valence-corrected chi connectivity index (χ3v) is 2.47. The molecule has 1 heterocycles. The summed E-state index contributed by atoms with van der Waals surface area (Å²) in [5, 5.41) is 7.28. The second-order valence-electron chi connectivity index (χ2n) is 4.04. The molecule has 3 rings (SSSR count). The van der Waals surface area contributed by atoms with Crippen LogP contribution in [0.3, 0.4) is 0 Å². The Labute approximate surface area is 92.5 Å². The third-order valence-electron chi connectivity index (χ3n) is 2.47. The number of nitrogens with one attached hydrogen (secondary N) is 1. The topological polar surface area (TPSA) is 120 Å². The first-order valence-electron chi connectivity index (χ1n) is 5.30. The second kappa shape index (κ2) is 4.48. The average molecular weight is 225 g/mol. The van der Waals surface area contributed by atoms with Crippen molar-refractivity contribution in [1.82, 2.24) is 15.6 Å². The van der Waals surface area contributed by atoms with Gasteiger partial charge in [0, 0.05) is 11.8 Å². The van der Waals surface area contributed by atoms with Gasteiger partial charge in [-0.3, -0.25) is 10.2 Å². The van der Waals surface area contributed by atoms with Crippen LogP contribution in [0.15, 0.2) is 4.42 Å². The Morgan fingerprint density at radius 1 is 1.31 bits per heavy atom. The molecule has 2 aliphatic carbocycles. The van der Waals surface area contributed by atoms with Crippen LogP contribution in [-0.4, -0.2) is 16.1 Å². The fourth-order valence-electron chi connectivity index (χ4n) is 1.21. The van der Waals surface area contributed by atoms with Crippen molar-refractivity contribution in [1.29, 1.82) is 0 Å². The maximum atomic E-state index is 10.3. The smallest absolute Gasteiger partial charge is 0.312 e. The first-order chi connectivity index (χ1) is 7.70. The molecule has 0 unspecified atom stereocenters. The highest BCUT2D eigenvalue weighted by atomic mass is 16.4. The average Bonchev–Trinajstić information content (AvgIpc) is 3.17. The number of nitrogens with two attached hydrogens (primary N) is 2. The van der Waals surface area contributed by atoms with E-state index in [9.17, 15) is 4.79 Å². The molecule has 2 fully saturated rings. The molecule has 0 saturated heterocycles. The molecule has 1 amide bonds. The Morgan fingerprint density at radius 2 is 2.00 bits per heavy atom. The van der Waals surface area contributed by atoms with Crippen molar-refractivity contribution in [2.45, 2.75) is 31.6 Å². The van der Waals surface area contributed by atoms with E-state index < -0.39 is 0 Å². The summed E-state index contributed by atoms with van der Waals surface area (Å²) < 4.78 is 4.96. The molecule has 0 aliphatic heterocycles. The van der Waals surface area contributed by atoms with Crippen LogP contribution in [0.2, 0.25) is 0 Å². The van der Waals surface area contributed by atoms with Crippen LogP contribution in [0.25, 0.3) is 0 Å². The van der Waals surface area contributed by atoms with Gasteiger partial charge in [0.2, 0.25) is 11.8 Å². The highest BCUT2D eigenvalue weighted by molar-refractivity contribution is 5.80. The van der Waals surface area contributed by atoms with Crippen LogP contribution < -0.4 is 17.0 Å². The minimum absolute atomic E-state index is 0.0139. The van der Waals surface area contributed by atoms with Gasteiger partial charge in [0.1, 0.15) is 0 Å². The molecular formula is C9H15N5O2.